The first kappa shape index (κ1) is 19.6. The van der Waals surface area contributed by atoms with E-state index in [1.807, 2.05) is 50.5 Å². The molecule has 4 rings (SSSR count). The Balaban J connectivity index is 1.85. The van der Waals surface area contributed by atoms with Gasteiger partial charge in [0.25, 0.3) is 0 Å². The van der Waals surface area contributed by atoms with Crippen LogP contribution in [0.5, 0.6) is 0 Å². The number of imidazole rings is 1. The number of fused-ring (bicyclic) bond motifs is 1. The maximum Gasteiger partial charge on any atom is 0.222 e. The van der Waals surface area contributed by atoms with Gasteiger partial charge in [0.2, 0.25) is 5.88 Å². The van der Waals surface area contributed by atoms with E-state index < -0.39 is 0 Å². The summed E-state index contributed by atoms with van der Waals surface area (Å²) >= 11 is 6.23. The number of rotatable bonds is 3. The number of nitriles is 2. The molecular weight excluding hydrogens is 398 g/mol. The van der Waals surface area contributed by atoms with Crippen LogP contribution in [-0.2, 0) is 0 Å². The van der Waals surface area contributed by atoms with Crippen LogP contribution in [-0.4, -0.2) is 14.5 Å². The molecule has 3 aromatic heterocycles. The van der Waals surface area contributed by atoms with Crippen LogP contribution in [0.2, 0.25) is 5.02 Å². The molecule has 0 fully saturated rings. The molecule has 0 aliphatic rings. The first-order chi connectivity index (χ1) is 14.3. The molecule has 30 heavy (non-hydrogen) atoms. The Morgan fingerprint density at radius 1 is 1.23 bits per heavy atom. The van der Waals surface area contributed by atoms with Gasteiger partial charge in [-0.2, -0.15) is 10.5 Å². The summed E-state index contributed by atoms with van der Waals surface area (Å²) in [4.78, 5) is 7.64. The van der Waals surface area contributed by atoms with Gasteiger partial charge in [0.05, 0.1) is 21.6 Å². The molecule has 0 bridgehead atoms. The standard InChI is InChI=1S/C23H18ClN5O/c1-12-8-16(14(3)29(12)23-18(11-26)13(2)15(4)30-23)9-17(10-25)22-27-20-7-5-6-19(24)21(20)28-22/h5-9H,1-4H3,(H,27,28)/b17-9+. The Morgan fingerprint density at radius 3 is 2.67 bits per heavy atom. The Labute approximate surface area is 178 Å². The van der Waals surface area contributed by atoms with E-state index in [2.05, 4.69) is 22.1 Å². The van der Waals surface area contributed by atoms with Crippen molar-refractivity contribution in [2.75, 3.05) is 0 Å². The lowest BCUT2D eigenvalue weighted by Gasteiger charge is -2.06. The summed E-state index contributed by atoms with van der Waals surface area (Å²) < 4.78 is 7.79. The van der Waals surface area contributed by atoms with E-state index in [4.69, 9.17) is 16.0 Å². The first-order valence-corrected chi connectivity index (χ1v) is 9.69. The average Bonchev–Trinajstić information content (AvgIpc) is 3.35. The molecule has 0 aliphatic heterocycles. The topological polar surface area (TPSA) is 94.3 Å². The summed E-state index contributed by atoms with van der Waals surface area (Å²) in [5.74, 6) is 1.66. The average molecular weight is 416 g/mol. The number of nitrogens with one attached hydrogen (secondary N) is 1. The monoisotopic (exact) mass is 415 g/mol. The van der Waals surface area contributed by atoms with E-state index in [0.717, 1.165) is 22.5 Å². The summed E-state index contributed by atoms with van der Waals surface area (Å²) in [7, 11) is 0. The third-order valence-corrected chi connectivity index (χ3v) is 5.61. The number of halogens is 1. The quantitative estimate of drug-likeness (QED) is 0.429. The zero-order chi connectivity index (χ0) is 21.6. The fourth-order valence-electron chi connectivity index (χ4n) is 3.58. The Kier molecular flexibility index (Phi) is 4.73. The number of H-pyrrole nitrogens is 1. The molecule has 0 aliphatic carbocycles. The number of benzene rings is 1. The normalized spacial score (nSPS) is 11.6. The van der Waals surface area contributed by atoms with Crippen molar-refractivity contribution in [1.29, 1.82) is 10.5 Å². The molecule has 4 aromatic rings. The van der Waals surface area contributed by atoms with E-state index in [0.29, 0.717) is 44.7 Å². The third kappa shape index (κ3) is 2.99. The molecule has 0 radical (unpaired) electrons. The lowest BCUT2D eigenvalue weighted by atomic mass is 10.1. The number of hydrogen-bond acceptors (Lipinski definition) is 4. The molecule has 148 valence electrons. The van der Waals surface area contributed by atoms with E-state index in [-0.39, 0.29) is 0 Å². The number of hydrogen-bond donors (Lipinski definition) is 1. The number of aromatic amines is 1. The number of para-hydroxylation sites is 1. The highest BCUT2D eigenvalue weighted by atomic mass is 35.5. The molecule has 0 spiro atoms. The predicted molar refractivity (Wildman–Crippen MR) is 116 cm³/mol. The molecule has 0 amide bonds. The minimum absolute atomic E-state index is 0.384. The minimum atomic E-state index is 0.384. The van der Waals surface area contributed by atoms with Crippen molar-refractivity contribution in [2.24, 2.45) is 0 Å². The number of aromatic nitrogens is 3. The first-order valence-electron chi connectivity index (χ1n) is 9.31. The van der Waals surface area contributed by atoms with Crippen LogP contribution in [0.3, 0.4) is 0 Å². The molecule has 7 heteroatoms. The van der Waals surface area contributed by atoms with Crippen molar-refractivity contribution in [3.05, 3.63) is 69.0 Å². The lowest BCUT2D eigenvalue weighted by Crippen LogP contribution is -2.00. The zero-order valence-electron chi connectivity index (χ0n) is 17.0. The molecule has 3 heterocycles. The van der Waals surface area contributed by atoms with E-state index in [9.17, 15) is 10.5 Å². The smallest absolute Gasteiger partial charge is 0.222 e. The highest BCUT2D eigenvalue weighted by Crippen LogP contribution is 2.31. The molecule has 0 saturated heterocycles. The van der Waals surface area contributed by atoms with Crippen LogP contribution < -0.4 is 0 Å². The van der Waals surface area contributed by atoms with E-state index in [1.54, 1.807) is 12.1 Å². The van der Waals surface area contributed by atoms with Gasteiger partial charge in [-0.3, -0.25) is 4.57 Å². The second kappa shape index (κ2) is 7.26. The Hall–Kier alpha value is -3.74. The largest absolute Gasteiger partial charge is 0.443 e. The van der Waals surface area contributed by atoms with Gasteiger partial charge in [-0.05, 0) is 57.5 Å². The van der Waals surface area contributed by atoms with Crippen LogP contribution >= 0.6 is 11.6 Å². The summed E-state index contributed by atoms with van der Waals surface area (Å²) in [5, 5.41) is 19.9. The summed E-state index contributed by atoms with van der Waals surface area (Å²) in [6.07, 6.45) is 1.78. The Bertz CT molecular complexity index is 1420. The number of aryl methyl sites for hydroxylation is 2. The minimum Gasteiger partial charge on any atom is -0.443 e. The van der Waals surface area contributed by atoms with Gasteiger partial charge in [-0.15, -0.1) is 0 Å². The molecule has 0 saturated carbocycles. The number of nitrogens with zero attached hydrogens (tertiary/aromatic N) is 4. The van der Waals surface area contributed by atoms with Crippen molar-refractivity contribution >= 4 is 34.3 Å². The van der Waals surface area contributed by atoms with Gasteiger partial charge in [-0.25, -0.2) is 4.98 Å². The van der Waals surface area contributed by atoms with Crippen LogP contribution in [0.1, 0.15) is 39.7 Å². The summed E-state index contributed by atoms with van der Waals surface area (Å²) in [6, 6.07) is 11.8. The van der Waals surface area contributed by atoms with E-state index >= 15 is 0 Å². The SMILES string of the molecule is Cc1oc(-n2c(C)cc(/C=C(\C#N)c3nc4cccc(Cl)c4[nH]3)c2C)c(C#N)c1C. The highest BCUT2D eigenvalue weighted by Gasteiger charge is 2.20. The van der Waals surface area contributed by atoms with Crippen LogP contribution in [0.25, 0.3) is 28.6 Å². The van der Waals surface area contributed by atoms with Crippen molar-refractivity contribution in [1.82, 2.24) is 14.5 Å². The molecule has 0 unspecified atom stereocenters. The van der Waals surface area contributed by atoms with Crippen molar-refractivity contribution in [2.45, 2.75) is 27.7 Å². The highest BCUT2D eigenvalue weighted by molar-refractivity contribution is 6.34. The maximum absolute atomic E-state index is 9.76. The van der Waals surface area contributed by atoms with Gasteiger partial charge in [0.1, 0.15) is 29.3 Å². The van der Waals surface area contributed by atoms with Crippen LogP contribution in [0.15, 0.2) is 28.7 Å². The third-order valence-electron chi connectivity index (χ3n) is 5.29. The number of allylic oxidation sites excluding steroid dienone is 1. The summed E-state index contributed by atoms with van der Waals surface area (Å²) in [6.45, 7) is 7.58. The second-order valence-electron chi connectivity index (χ2n) is 7.13. The van der Waals surface area contributed by atoms with Crippen LogP contribution in [0, 0.1) is 50.4 Å². The van der Waals surface area contributed by atoms with Crippen molar-refractivity contribution in [3.63, 3.8) is 0 Å². The lowest BCUT2D eigenvalue weighted by molar-refractivity contribution is 0.503. The van der Waals surface area contributed by atoms with Gasteiger partial charge in [0, 0.05) is 17.0 Å². The summed E-state index contributed by atoms with van der Waals surface area (Å²) in [5.41, 5.74) is 5.71. The molecule has 0 atom stereocenters. The van der Waals surface area contributed by atoms with Crippen molar-refractivity contribution in [3.8, 4) is 18.0 Å². The fourth-order valence-corrected chi connectivity index (χ4v) is 3.79. The van der Waals surface area contributed by atoms with Crippen LogP contribution in [0.4, 0.5) is 0 Å². The van der Waals surface area contributed by atoms with E-state index in [1.165, 1.54) is 0 Å². The number of furan rings is 1. The molecular formula is C23H18ClN5O. The predicted octanol–water partition coefficient (Wildman–Crippen LogP) is 5.77. The Morgan fingerprint density at radius 2 is 2.00 bits per heavy atom. The van der Waals surface area contributed by atoms with Gasteiger partial charge < -0.3 is 9.40 Å². The fraction of sp³-hybridized carbons (Fsp3) is 0.174. The van der Waals surface area contributed by atoms with Gasteiger partial charge in [-0.1, -0.05) is 17.7 Å². The van der Waals surface area contributed by atoms with Gasteiger partial charge in [0.15, 0.2) is 0 Å². The maximum atomic E-state index is 9.76. The molecule has 6 nitrogen and oxygen atoms in total. The molecule has 1 aromatic carbocycles. The zero-order valence-corrected chi connectivity index (χ0v) is 17.7. The van der Waals surface area contributed by atoms with Crippen molar-refractivity contribution < 1.29 is 4.42 Å². The van der Waals surface area contributed by atoms with Gasteiger partial charge >= 0.3 is 0 Å². The molecule has 1 N–H and O–H groups in total. The second-order valence-corrected chi connectivity index (χ2v) is 7.53.